The molecule has 0 radical (unpaired) electrons. The predicted octanol–water partition coefficient (Wildman–Crippen LogP) is 7.30. The number of carbonyl (C=O) groups is 1. The number of amides is 1. The van der Waals surface area contributed by atoms with Crippen molar-refractivity contribution in [1.82, 2.24) is 14.9 Å². The van der Waals surface area contributed by atoms with E-state index in [0.717, 1.165) is 46.2 Å². The number of thiazole rings is 1. The van der Waals surface area contributed by atoms with Gasteiger partial charge in [0.15, 0.2) is 0 Å². The molecular formula is C30H35N3O2S. The molecular weight excluding hydrogens is 466 g/mol. The number of ether oxygens (including phenoxy) is 1. The Morgan fingerprint density at radius 2 is 1.83 bits per heavy atom. The van der Waals surface area contributed by atoms with E-state index in [2.05, 4.69) is 60.3 Å². The van der Waals surface area contributed by atoms with Gasteiger partial charge >= 0.3 is 0 Å². The van der Waals surface area contributed by atoms with Gasteiger partial charge < -0.3 is 14.6 Å². The van der Waals surface area contributed by atoms with E-state index >= 15 is 0 Å². The van der Waals surface area contributed by atoms with E-state index in [4.69, 9.17) is 9.72 Å². The number of benzene rings is 2. The average Bonchev–Trinajstić information content (AvgIpc) is 3.50. The molecule has 1 N–H and O–H groups in total. The molecule has 5 nitrogen and oxygen atoms in total. The van der Waals surface area contributed by atoms with Gasteiger partial charge in [-0.3, -0.25) is 4.79 Å². The van der Waals surface area contributed by atoms with Crippen LogP contribution in [-0.2, 0) is 6.54 Å². The summed E-state index contributed by atoms with van der Waals surface area (Å²) in [6, 6.07) is 18.7. The van der Waals surface area contributed by atoms with Crippen LogP contribution in [-0.4, -0.2) is 29.1 Å². The number of unbranched alkanes of at least 4 members (excludes halogenated alkanes) is 1. The van der Waals surface area contributed by atoms with Crippen molar-refractivity contribution in [3.8, 4) is 27.7 Å². The fourth-order valence-electron chi connectivity index (χ4n) is 4.21. The zero-order chi connectivity index (χ0) is 25.7. The van der Waals surface area contributed by atoms with Crippen molar-refractivity contribution in [2.45, 2.75) is 53.0 Å². The third-order valence-corrected chi connectivity index (χ3v) is 7.41. The van der Waals surface area contributed by atoms with Crippen molar-refractivity contribution in [1.29, 1.82) is 0 Å². The first-order valence-corrected chi connectivity index (χ1v) is 13.5. The molecule has 1 amide bonds. The Hall–Kier alpha value is -3.38. The third kappa shape index (κ3) is 5.71. The topological polar surface area (TPSA) is 56.1 Å². The van der Waals surface area contributed by atoms with Crippen LogP contribution >= 0.6 is 11.3 Å². The maximum absolute atomic E-state index is 13.0. The number of carbonyl (C=O) groups excluding carboxylic acids is 1. The zero-order valence-corrected chi connectivity index (χ0v) is 22.6. The van der Waals surface area contributed by atoms with Gasteiger partial charge in [0, 0.05) is 29.7 Å². The maximum Gasteiger partial charge on any atom is 0.253 e. The molecule has 2 aromatic heterocycles. The van der Waals surface area contributed by atoms with Gasteiger partial charge in [-0.2, -0.15) is 0 Å². The highest BCUT2D eigenvalue weighted by atomic mass is 32.1. The lowest BCUT2D eigenvalue weighted by molar-refractivity contribution is 0.0952. The molecule has 188 valence electrons. The van der Waals surface area contributed by atoms with Crippen LogP contribution in [0.3, 0.4) is 0 Å². The van der Waals surface area contributed by atoms with Crippen LogP contribution < -0.4 is 10.1 Å². The van der Waals surface area contributed by atoms with Gasteiger partial charge in [-0.25, -0.2) is 4.98 Å². The summed E-state index contributed by atoms with van der Waals surface area (Å²) < 4.78 is 7.50. The summed E-state index contributed by atoms with van der Waals surface area (Å²) in [7, 11) is 1.67. The molecule has 0 spiro atoms. The number of rotatable bonds is 10. The fourth-order valence-corrected chi connectivity index (χ4v) is 5.03. The molecule has 0 fully saturated rings. The highest BCUT2D eigenvalue weighted by molar-refractivity contribution is 7.13. The third-order valence-electron chi connectivity index (χ3n) is 6.52. The quantitative estimate of drug-likeness (QED) is 0.232. The van der Waals surface area contributed by atoms with Gasteiger partial charge in [0.2, 0.25) is 0 Å². The lowest BCUT2D eigenvalue weighted by Gasteiger charge is -2.13. The molecule has 0 aliphatic carbocycles. The van der Waals surface area contributed by atoms with Crippen LogP contribution in [0.1, 0.15) is 66.7 Å². The van der Waals surface area contributed by atoms with Crippen LogP contribution in [0.5, 0.6) is 5.75 Å². The van der Waals surface area contributed by atoms with Crippen molar-refractivity contribution in [3.05, 3.63) is 82.4 Å². The number of nitrogens with zero attached hydrogens (tertiary/aromatic N) is 2. The van der Waals surface area contributed by atoms with E-state index in [9.17, 15) is 4.79 Å². The molecule has 0 bridgehead atoms. The monoisotopic (exact) mass is 501 g/mol. The Morgan fingerprint density at radius 3 is 2.47 bits per heavy atom. The number of hydrogen-bond donors (Lipinski definition) is 1. The lowest BCUT2D eigenvalue weighted by Crippen LogP contribution is -2.24. The number of aromatic nitrogens is 2. The Morgan fingerprint density at radius 1 is 1.11 bits per heavy atom. The summed E-state index contributed by atoms with van der Waals surface area (Å²) in [4.78, 5) is 18.0. The molecule has 2 aromatic carbocycles. The van der Waals surface area contributed by atoms with E-state index < -0.39 is 0 Å². The van der Waals surface area contributed by atoms with Gasteiger partial charge in [-0.05, 0) is 60.7 Å². The summed E-state index contributed by atoms with van der Waals surface area (Å²) in [6.45, 7) is 9.92. The van der Waals surface area contributed by atoms with Crippen LogP contribution in [0, 0.1) is 6.92 Å². The second kappa shape index (κ2) is 11.6. The van der Waals surface area contributed by atoms with Crippen molar-refractivity contribution in [3.63, 3.8) is 0 Å². The standard InChI is InChI=1S/C30H35N3O2S/c1-6-7-16-31-29(34)26-17-28(27-19-36-30(32-27)24-12-14-25(35-5)15-13-24)33(21(26)4)18-22-8-10-23(11-9-22)20(2)3/h8-15,17,19-20H,6-7,16,18H2,1-5H3,(H,31,34). The van der Waals surface area contributed by atoms with Crippen LogP contribution in [0.2, 0.25) is 0 Å². The summed E-state index contributed by atoms with van der Waals surface area (Å²) in [5, 5.41) is 6.09. The average molecular weight is 502 g/mol. The minimum absolute atomic E-state index is 0.0262. The minimum atomic E-state index is -0.0262. The van der Waals surface area contributed by atoms with Gasteiger partial charge in [-0.15, -0.1) is 11.3 Å². The molecule has 0 aliphatic rings. The lowest BCUT2D eigenvalue weighted by atomic mass is 10.0. The van der Waals surface area contributed by atoms with E-state index in [1.165, 1.54) is 11.1 Å². The molecule has 4 aromatic rings. The largest absolute Gasteiger partial charge is 0.497 e. The van der Waals surface area contributed by atoms with Gasteiger partial charge in [0.05, 0.1) is 24.1 Å². The van der Waals surface area contributed by atoms with Crippen LogP contribution in [0.15, 0.2) is 60.0 Å². The number of nitrogens with one attached hydrogen (secondary N) is 1. The fraction of sp³-hybridized carbons (Fsp3) is 0.333. The van der Waals surface area contributed by atoms with Crippen LogP contribution in [0.25, 0.3) is 22.0 Å². The van der Waals surface area contributed by atoms with Gasteiger partial charge in [-0.1, -0.05) is 51.5 Å². The normalized spacial score (nSPS) is 11.2. The molecule has 36 heavy (non-hydrogen) atoms. The Balaban J connectivity index is 1.70. The van der Waals surface area contributed by atoms with Crippen molar-refractivity contribution < 1.29 is 9.53 Å². The highest BCUT2D eigenvalue weighted by Gasteiger charge is 2.20. The first-order valence-electron chi connectivity index (χ1n) is 12.6. The summed E-state index contributed by atoms with van der Waals surface area (Å²) in [6.07, 6.45) is 2.02. The zero-order valence-electron chi connectivity index (χ0n) is 21.8. The van der Waals surface area contributed by atoms with E-state index in [0.29, 0.717) is 24.6 Å². The SMILES string of the molecule is CCCCNC(=O)c1cc(-c2csc(-c3ccc(OC)cc3)n2)n(Cc2ccc(C(C)C)cc2)c1C. The number of methoxy groups -OCH3 is 1. The summed E-state index contributed by atoms with van der Waals surface area (Å²) in [5.41, 5.74) is 7.05. The Bertz CT molecular complexity index is 1300. The minimum Gasteiger partial charge on any atom is -0.497 e. The van der Waals surface area contributed by atoms with Gasteiger partial charge in [0.1, 0.15) is 10.8 Å². The Kier molecular flexibility index (Phi) is 8.26. The molecule has 0 saturated carbocycles. The molecule has 6 heteroatoms. The van der Waals surface area contributed by atoms with Gasteiger partial charge in [0.25, 0.3) is 5.91 Å². The number of hydrogen-bond acceptors (Lipinski definition) is 4. The first-order chi connectivity index (χ1) is 17.4. The van der Waals surface area contributed by atoms with Crippen LogP contribution in [0.4, 0.5) is 0 Å². The van der Waals surface area contributed by atoms with E-state index in [-0.39, 0.29) is 5.91 Å². The maximum atomic E-state index is 13.0. The molecule has 0 saturated heterocycles. The molecule has 0 atom stereocenters. The van der Waals surface area contributed by atoms with Crippen molar-refractivity contribution in [2.75, 3.05) is 13.7 Å². The molecule has 4 rings (SSSR count). The van der Waals surface area contributed by atoms with Crippen molar-refractivity contribution in [2.24, 2.45) is 0 Å². The van der Waals surface area contributed by atoms with Crippen molar-refractivity contribution >= 4 is 17.2 Å². The highest BCUT2D eigenvalue weighted by Crippen LogP contribution is 2.33. The van der Waals surface area contributed by atoms with E-state index in [1.54, 1.807) is 18.4 Å². The smallest absolute Gasteiger partial charge is 0.253 e. The molecule has 2 heterocycles. The molecule has 0 unspecified atom stereocenters. The second-order valence-electron chi connectivity index (χ2n) is 9.39. The summed E-state index contributed by atoms with van der Waals surface area (Å²) >= 11 is 1.61. The summed E-state index contributed by atoms with van der Waals surface area (Å²) in [5.74, 6) is 1.29. The van der Waals surface area contributed by atoms with E-state index in [1.807, 2.05) is 37.3 Å². The first kappa shape index (κ1) is 25.7. The predicted molar refractivity (Wildman–Crippen MR) is 149 cm³/mol. The second-order valence-corrected chi connectivity index (χ2v) is 10.2. The Labute approximate surface area is 218 Å². The molecule has 0 aliphatic heterocycles.